The molecule has 2 rings (SSSR count). The Morgan fingerprint density at radius 1 is 1.17 bits per heavy atom. The molecule has 0 saturated carbocycles. The summed E-state index contributed by atoms with van der Waals surface area (Å²) in [5.74, 6) is -1.41. The highest BCUT2D eigenvalue weighted by molar-refractivity contribution is 5.95. The van der Waals surface area contributed by atoms with Crippen molar-refractivity contribution in [3.05, 3.63) is 41.6 Å². The van der Waals surface area contributed by atoms with E-state index < -0.39 is 5.97 Å². The first-order valence-electron chi connectivity index (χ1n) is 7.65. The van der Waals surface area contributed by atoms with Gasteiger partial charge in [-0.3, -0.25) is 14.7 Å². The van der Waals surface area contributed by atoms with Gasteiger partial charge in [-0.05, 0) is 27.1 Å². The number of carbonyl (C=O) groups excluding carboxylic acids is 1. The summed E-state index contributed by atoms with van der Waals surface area (Å²) in [4.78, 5) is 26.8. The van der Waals surface area contributed by atoms with E-state index in [0.717, 1.165) is 11.1 Å². The van der Waals surface area contributed by atoms with E-state index in [1.165, 1.54) is 4.90 Å². The molecule has 0 saturated heterocycles. The Hall–Kier alpha value is -2.67. The van der Waals surface area contributed by atoms with Crippen molar-refractivity contribution in [1.82, 2.24) is 20.0 Å². The number of hydrogen-bond acceptors (Lipinski definition) is 4. The number of H-pyrrole nitrogens is 1. The summed E-state index contributed by atoms with van der Waals surface area (Å²) in [7, 11) is 3.74. The molecule has 128 valence electrons. The van der Waals surface area contributed by atoms with Crippen LogP contribution in [0.1, 0.15) is 16.1 Å². The largest absolute Gasteiger partial charge is 0.480 e. The minimum Gasteiger partial charge on any atom is -0.480 e. The molecule has 0 unspecified atom stereocenters. The molecule has 1 amide bonds. The van der Waals surface area contributed by atoms with Gasteiger partial charge in [-0.25, -0.2) is 0 Å². The Morgan fingerprint density at radius 2 is 1.83 bits per heavy atom. The van der Waals surface area contributed by atoms with Gasteiger partial charge in [0.1, 0.15) is 12.2 Å². The molecule has 2 aromatic rings. The number of carboxylic acids is 1. The van der Waals surface area contributed by atoms with Gasteiger partial charge in [0.25, 0.3) is 5.91 Å². The molecule has 0 aliphatic heterocycles. The summed E-state index contributed by atoms with van der Waals surface area (Å²) in [6.07, 6.45) is 0. The average Bonchev–Trinajstić information content (AvgIpc) is 3.01. The molecule has 2 N–H and O–H groups in total. The number of aryl methyl sites for hydroxylation is 1. The lowest BCUT2D eigenvalue weighted by atomic mass is 10.1. The van der Waals surface area contributed by atoms with Gasteiger partial charge in [0.05, 0.1) is 5.69 Å². The molecule has 7 nitrogen and oxygen atoms in total. The second-order valence-corrected chi connectivity index (χ2v) is 5.96. The predicted octanol–water partition coefficient (Wildman–Crippen LogP) is 1.47. The van der Waals surface area contributed by atoms with Crippen molar-refractivity contribution in [2.45, 2.75) is 6.92 Å². The van der Waals surface area contributed by atoms with Crippen molar-refractivity contribution in [2.24, 2.45) is 0 Å². The molecule has 1 aromatic heterocycles. The van der Waals surface area contributed by atoms with Crippen molar-refractivity contribution in [3.8, 4) is 11.3 Å². The molecule has 0 atom stereocenters. The fourth-order valence-corrected chi connectivity index (χ4v) is 2.21. The maximum atomic E-state index is 12.6. The quantitative estimate of drug-likeness (QED) is 0.802. The molecule has 0 spiro atoms. The van der Waals surface area contributed by atoms with E-state index in [1.54, 1.807) is 6.07 Å². The van der Waals surface area contributed by atoms with Crippen molar-refractivity contribution in [2.75, 3.05) is 33.7 Å². The van der Waals surface area contributed by atoms with Gasteiger partial charge in [0.2, 0.25) is 0 Å². The lowest BCUT2D eigenvalue weighted by Crippen LogP contribution is -2.40. The molecule has 0 radical (unpaired) electrons. The maximum absolute atomic E-state index is 12.6. The van der Waals surface area contributed by atoms with Crippen LogP contribution in [0.15, 0.2) is 30.3 Å². The molecule has 24 heavy (non-hydrogen) atoms. The third kappa shape index (κ3) is 4.66. The summed E-state index contributed by atoms with van der Waals surface area (Å²) in [5.41, 5.74) is 2.97. The van der Waals surface area contributed by atoms with Crippen molar-refractivity contribution < 1.29 is 14.7 Å². The first-order valence-corrected chi connectivity index (χ1v) is 7.65. The van der Waals surface area contributed by atoms with Crippen molar-refractivity contribution in [1.29, 1.82) is 0 Å². The SMILES string of the molecule is Cc1ccc(-c2cc(C(=O)N(CCN(C)C)CC(=O)O)[nH]n2)cc1. The third-order valence-electron chi connectivity index (χ3n) is 3.59. The highest BCUT2D eigenvalue weighted by Crippen LogP contribution is 2.18. The van der Waals surface area contributed by atoms with E-state index in [1.807, 2.05) is 50.2 Å². The average molecular weight is 330 g/mol. The van der Waals surface area contributed by atoms with Crippen LogP contribution in [0.3, 0.4) is 0 Å². The third-order valence-corrected chi connectivity index (χ3v) is 3.59. The van der Waals surface area contributed by atoms with Crippen LogP contribution >= 0.6 is 0 Å². The van der Waals surface area contributed by atoms with Gasteiger partial charge in [-0.15, -0.1) is 0 Å². The Labute approximate surface area is 140 Å². The number of nitrogens with zero attached hydrogens (tertiary/aromatic N) is 3. The lowest BCUT2D eigenvalue weighted by molar-refractivity contribution is -0.137. The number of benzene rings is 1. The van der Waals surface area contributed by atoms with Gasteiger partial charge in [-0.2, -0.15) is 5.10 Å². The van der Waals surface area contributed by atoms with Crippen LogP contribution in [0.4, 0.5) is 0 Å². The highest BCUT2D eigenvalue weighted by atomic mass is 16.4. The molecule has 1 heterocycles. The van der Waals surface area contributed by atoms with Crippen molar-refractivity contribution >= 4 is 11.9 Å². The highest BCUT2D eigenvalue weighted by Gasteiger charge is 2.21. The van der Waals surface area contributed by atoms with Crippen LogP contribution in [0.25, 0.3) is 11.3 Å². The summed E-state index contributed by atoms with van der Waals surface area (Å²) >= 11 is 0. The first-order chi connectivity index (χ1) is 11.4. The number of aromatic nitrogens is 2. The van der Waals surface area contributed by atoms with Gasteiger partial charge in [0.15, 0.2) is 0 Å². The molecular weight excluding hydrogens is 308 g/mol. The summed E-state index contributed by atoms with van der Waals surface area (Å²) in [5, 5.41) is 15.9. The zero-order valence-electron chi connectivity index (χ0n) is 14.1. The summed E-state index contributed by atoms with van der Waals surface area (Å²) in [6.45, 7) is 2.57. The number of amides is 1. The van der Waals surface area contributed by atoms with Gasteiger partial charge >= 0.3 is 5.97 Å². The van der Waals surface area contributed by atoms with E-state index in [4.69, 9.17) is 5.11 Å². The summed E-state index contributed by atoms with van der Waals surface area (Å²) in [6, 6.07) is 9.46. The predicted molar refractivity (Wildman–Crippen MR) is 90.9 cm³/mol. The molecule has 0 aliphatic rings. The van der Waals surface area contributed by atoms with E-state index in [2.05, 4.69) is 10.2 Å². The summed E-state index contributed by atoms with van der Waals surface area (Å²) < 4.78 is 0. The number of rotatable bonds is 7. The van der Waals surface area contributed by atoms with Gasteiger partial charge < -0.3 is 14.9 Å². The van der Waals surface area contributed by atoms with Crippen LogP contribution in [-0.4, -0.2) is 70.7 Å². The topological polar surface area (TPSA) is 89.5 Å². The number of aromatic amines is 1. The number of hydrogen-bond donors (Lipinski definition) is 2. The number of likely N-dealkylation sites (N-methyl/N-ethyl adjacent to an activating group) is 1. The monoisotopic (exact) mass is 330 g/mol. The van der Waals surface area contributed by atoms with Crippen LogP contribution < -0.4 is 0 Å². The fraction of sp³-hybridized carbons (Fsp3) is 0.353. The van der Waals surface area contributed by atoms with Crippen LogP contribution in [0.5, 0.6) is 0 Å². The molecule has 0 fully saturated rings. The van der Waals surface area contributed by atoms with E-state index in [-0.39, 0.29) is 18.1 Å². The second kappa shape index (κ2) is 7.74. The number of nitrogens with one attached hydrogen (secondary N) is 1. The number of carboxylic acid groups (broad SMARTS) is 1. The Bertz CT molecular complexity index is 707. The minimum atomic E-state index is -1.04. The zero-order valence-corrected chi connectivity index (χ0v) is 14.1. The smallest absolute Gasteiger partial charge is 0.323 e. The maximum Gasteiger partial charge on any atom is 0.323 e. The molecule has 1 aromatic carbocycles. The fourth-order valence-electron chi connectivity index (χ4n) is 2.21. The molecule has 0 bridgehead atoms. The molecular formula is C17H22N4O3. The van der Waals surface area contributed by atoms with Crippen molar-refractivity contribution in [3.63, 3.8) is 0 Å². The number of aliphatic carboxylic acids is 1. The van der Waals surface area contributed by atoms with E-state index in [0.29, 0.717) is 18.8 Å². The normalized spacial score (nSPS) is 10.8. The lowest BCUT2D eigenvalue weighted by Gasteiger charge is -2.21. The Balaban J connectivity index is 2.17. The minimum absolute atomic E-state index is 0.283. The molecule has 7 heteroatoms. The Kier molecular flexibility index (Phi) is 5.70. The van der Waals surface area contributed by atoms with Crippen LogP contribution in [0, 0.1) is 6.92 Å². The second-order valence-electron chi connectivity index (χ2n) is 5.96. The zero-order chi connectivity index (χ0) is 17.7. The van der Waals surface area contributed by atoms with Crippen LogP contribution in [0.2, 0.25) is 0 Å². The molecule has 0 aliphatic carbocycles. The van der Waals surface area contributed by atoms with Gasteiger partial charge in [-0.1, -0.05) is 29.8 Å². The van der Waals surface area contributed by atoms with Gasteiger partial charge in [0, 0.05) is 18.7 Å². The Morgan fingerprint density at radius 3 is 2.42 bits per heavy atom. The first kappa shape index (κ1) is 17.7. The van der Waals surface area contributed by atoms with Crippen LogP contribution in [-0.2, 0) is 4.79 Å². The standard InChI is InChI=1S/C17H22N4O3/c1-12-4-6-13(7-5-12)14-10-15(19-18-14)17(24)21(11-16(22)23)9-8-20(2)3/h4-7,10H,8-9,11H2,1-3H3,(H,18,19)(H,22,23). The van der Waals surface area contributed by atoms with E-state index >= 15 is 0 Å². The van der Waals surface area contributed by atoms with E-state index in [9.17, 15) is 9.59 Å². The number of carbonyl (C=O) groups is 2.